The predicted molar refractivity (Wildman–Crippen MR) is 55.6 cm³/mol. The molecule has 2 rings (SSSR count). The van der Waals surface area contributed by atoms with Gasteiger partial charge in [0, 0.05) is 12.5 Å². The van der Waals surface area contributed by atoms with E-state index in [1.54, 1.807) is 12.1 Å². The topological polar surface area (TPSA) is 86.0 Å². The van der Waals surface area contributed by atoms with Crippen LogP contribution in [0.1, 0.15) is 0 Å². The highest BCUT2D eigenvalue weighted by Gasteiger charge is 2.17. The second-order valence-electron chi connectivity index (χ2n) is 3.01. The lowest BCUT2D eigenvalue weighted by Crippen LogP contribution is -1.96. The summed E-state index contributed by atoms with van der Waals surface area (Å²) in [7, 11) is -3.48. The van der Waals surface area contributed by atoms with Gasteiger partial charge in [-0.05, 0) is 12.1 Å². The molecule has 0 spiro atoms. The molecule has 0 atom stereocenters. The summed E-state index contributed by atoms with van der Waals surface area (Å²) in [5.74, 6) is 0.0876. The molecule has 0 unspecified atom stereocenters. The number of sulfone groups is 1. The minimum absolute atomic E-state index is 0.0876. The summed E-state index contributed by atoms with van der Waals surface area (Å²) in [6.07, 6.45) is 2.41. The van der Waals surface area contributed by atoms with Crippen molar-refractivity contribution in [1.82, 2.24) is 15.2 Å². The Balaban J connectivity index is 2.43. The van der Waals surface area contributed by atoms with Gasteiger partial charge in [0.2, 0.25) is 15.7 Å². The number of rotatable bonds is 2. The van der Waals surface area contributed by atoms with Gasteiger partial charge in [-0.3, -0.25) is 0 Å². The molecule has 0 radical (unpaired) electrons. The van der Waals surface area contributed by atoms with Crippen LogP contribution in [0.4, 0.5) is 0 Å². The average Bonchev–Trinajstić information content (AvgIpc) is 2.67. The molecule has 0 aliphatic rings. The summed E-state index contributed by atoms with van der Waals surface area (Å²) in [4.78, 5) is 3.82. The lowest BCUT2D eigenvalue weighted by Gasteiger charge is -1.93. The molecule has 84 valence electrons. The maximum absolute atomic E-state index is 11.1. The van der Waals surface area contributed by atoms with E-state index in [4.69, 9.17) is 16.0 Å². The molecule has 0 saturated carbocycles. The molecule has 8 heteroatoms. The quantitative estimate of drug-likeness (QED) is 0.753. The summed E-state index contributed by atoms with van der Waals surface area (Å²) in [5.41, 5.74) is 0.506. The number of hydrogen-bond donors (Lipinski definition) is 0. The summed E-state index contributed by atoms with van der Waals surface area (Å²) < 4.78 is 27.2. The van der Waals surface area contributed by atoms with E-state index in [2.05, 4.69) is 15.2 Å². The highest BCUT2D eigenvalue weighted by atomic mass is 35.5. The molecule has 6 nitrogen and oxygen atoms in total. The van der Waals surface area contributed by atoms with Gasteiger partial charge in [0.15, 0.2) is 0 Å². The standard InChI is InChI=1S/C8H6ClN3O3S/c1-16(13,14)8-12-11-7(15-8)5-2-3-6(9)10-4-5/h2-4H,1H3. The highest BCUT2D eigenvalue weighted by Crippen LogP contribution is 2.19. The molecular weight excluding hydrogens is 254 g/mol. The molecular formula is C8H6ClN3O3S. The van der Waals surface area contributed by atoms with Gasteiger partial charge in [-0.1, -0.05) is 16.7 Å². The van der Waals surface area contributed by atoms with Crippen molar-refractivity contribution in [3.05, 3.63) is 23.5 Å². The largest absolute Gasteiger partial charge is 0.408 e. The molecule has 16 heavy (non-hydrogen) atoms. The molecule has 2 aromatic rings. The van der Waals surface area contributed by atoms with Gasteiger partial charge < -0.3 is 4.42 Å². The Hall–Kier alpha value is -1.47. The van der Waals surface area contributed by atoms with Crippen LogP contribution in [0.5, 0.6) is 0 Å². The van der Waals surface area contributed by atoms with Gasteiger partial charge in [0.05, 0.1) is 5.56 Å². The van der Waals surface area contributed by atoms with Crippen molar-refractivity contribution >= 4 is 21.4 Å². The Morgan fingerprint density at radius 1 is 1.31 bits per heavy atom. The van der Waals surface area contributed by atoms with Gasteiger partial charge in [0.1, 0.15) is 5.15 Å². The van der Waals surface area contributed by atoms with Crippen LogP contribution in [0.25, 0.3) is 11.5 Å². The van der Waals surface area contributed by atoms with E-state index in [9.17, 15) is 8.42 Å². The fourth-order valence-electron chi connectivity index (χ4n) is 0.979. The first-order valence-corrected chi connectivity index (χ1v) is 6.39. The number of aromatic nitrogens is 3. The zero-order valence-electron chi connectivity index (χ0n) is 8.08. The molecule has 0 N–H and O–H groups in total. The van der Waals surface area contributed by atoms with Crippen LogP contribution in [0.3, 0.4) is 0 Å². The molecule has 0 amide bonds. The van der Waals surface area contributed by atoms with Crippen LogP contribution < -0.4 is 0 Å². The van der Waals surface area contributed by atoms with Crippen molar-refractivity contribution < 1.29 is 12.8 Å². The van der Waals surface area contributed by atoms with E-state index in [-0.39, 0.29) is 5.89 Å². The first-order valence-electron chi connectivity index (χ1n) is 4.12. The second-order valence-corrected chi connectivity index (χ2v) is 5.30. The van der Waals surface area contributed by atoms with Crippen LogP contribution in [-0.2, 0) is 9.84 Å². The van der Waals surface area contributed by atoms with Crippen LogP contribution in [0.15, 0.2) is 28.0 Å². The molecule has 0 aliphatic heterocycles. The predicted octanol–water partition coefficient (Wildman–Crippen LogP) is 1.19. The van der Waals surface area contributed by atoms with Crippen molar-refractivity contribution in [1.29, 1.82) is 0 Å². The summed E-state index contributed by atoms with van der Waals surface area (Å²) in [6, 6.07) is 3.15. The second kappa shape index (κ2) is 3.84. The monoisotopic (exact) mass is 259 g/mol. The van der Waals surface area contributed by atoms with Gasteiger partial charge in [0.25, 0.3) is 0 Å². The molecule has 0 saturated heterocycles. The smallest absolute Gasteiger partial charge is 0.335 e. The number of pyridine rings is 1. The Bertz CT molecular complexity index is 606. The van der Waals surface area contributed by atoms with Gasteiger partial charge in [-0.25, -0.2) is 13.4 Å². The van der Waals surface area contributed by atoms with E-state index < -0.39 is 15.1 Å². The van der Waals surface area contributed by atoms with Crippen LogP contribution >= 0.6 is 11.6 Å². The van der Waals surface area contributed by atoms with Crippen molar-refractivity contribution in [3.8, 4) is 11.5 Å². The Kier molecular flexibility index (Phi) is 2.64. The molecule has 0 aliphatic carbocycles. The molecule has 0 fully saturated rings. The number of halogens is 1. The Morgan fingerprint density at radius 2 is 2.06 bits per heavy atom. The Morgan fingerprint density at radius 3 is 2.56 bits per heavy atom. The van der Waals surface area contributed by atoms with Crippen molar-refractivity contribution in [3.63, 3.8) is 0 Å². The summed E-state index contributed by atoms with van der Waals surface area (Å²) >= 11 is 5.60. The summed E-state index contributed by atoms with van der Waals surface area (Å²) in [6.45, 7) is 0. The third-order valence-electron chi connectivity index (χ3n) is 1.70. The van der Waals surface area contributed by atoms with Crippen molar-refractivity contribution in [2.24, 2.45) is 0 Å². The SMILES string of the molecule is CS(=O)(=O)c1nnc(-c2ccc(Cl)nc2)o1. The van der Waals surface area contributed by atoms with Crippen LogP contribution in [0.2, 0.25) is 5.15 Å². The minimum Gasteiger partial charge on any atom is -0.408 e. The van der Waals surface area contributed by atoms with Gasteiger partial charge in [-0.15, -0.1) is 5.10 Å². The first kappa shape index (κ1) is 11.0. The van der Waals surface area contributed by atoms with E-state index in [0.29, 0.717) is 10.7 Å². The minimum atomic E-state index is -3.48. The first-order chi connectivity index (χ1) is 7.47. The van der Waals surface area contributed by atoms with Crippen molar-refractivity contribution in [2.75, 3.05) is 6.26 Å². The average molecular weight is 260 g/mol. The Labute approximate surface area is 96.2 Å². The zero-order chi connectivity index (χ0) is 11.8. The maximum atomic E-state index is 11.1. The van der Waals surface area contributed by atoms with E-state index >= 15 is 0 Å². The van der Waals surface area contributed by atoms with E-state index in [1.807, 2.05) is 0 Å². The number of nitrogens with zero attached hydrogens (tertiary/aromatic N) is 3. The van der Waals surface area contributed by atoms with E-state index in [1.165, 1.54) is 6.20 Å². The molecule has 2 aromatic heterocycles. The maximum Gasteiger partial charge on any atom is 0.335 e. The van der Waals surface area contributed by atoms with Gasteiger partial charge in [-0.2, -0.15) is 0 Å². The fraction of sp³-hybridized carbons (Fsp3) is 0.125. The molecule has 2 heterocycles. The van der Waals surface area contributed by atoms with E-state index in [0.717, 1.165) is 6.26 Å². The van der Waals surface area contributed by atoms with Gasteiger partial charge >= 0.3 is 5.22 Å². The lowest BCUT2D eigenvalue weighted by molar-refractivity contribution is 0.442. The van der Waals surface area contributed by atoms with Crippen LogP contribution in [-0.4, -0.2) is 29.9 Å². The molecule has 0 bridgehead atoms. The highest BCUT2D eigenvalue weighted by molar-refractivity contribution is 7.90. The third-order valence-corrected chi connectivity index (χ3v) is 2.72. The molecule has 0 aromatic carbocycles. The zero-order valence-corrected chi connectivity index (χ0v) is 9.66. The normalized spacial score (nSPS) is 11.6. The van der Waals surface area contributed by atoms with Crippen LogP contribution in [0, 0.1) is 0 Å². The fourth-order valence-corrected chi connectivity index (χ4v) is 1.51. The summed E-state index contributed by atoms with van der Waals surface area (Å²) in [5, 5.41) is 6.93. The lowest BCUT2D eigenvalue weighted by atomic mass is 10.3. The number of hydrogen-bond acceptors (Lipinski definition) is 6. The third kappa shape index (κ3) is 2.20. The van der Waals surface area contributed by atoms with Crippen molar-refractivity contribution in [2.45, 2.75) is 5.22 Å².